The molecule has 45 heavy (non-hydrogen) atoms. The van der Waals surface area contributed by atoms with Gasteiger partial charge in [0.1, 0.15) is 11.5 Å². The second kappa shape index (κ2) is 13.1. The van der Waals surface area contributed by atoms with Crippen LogP contribution >= 0.6 is 0 Å². The first kappa shape index (κ1) is 30.3. The number of aryl methyl sites for hydroxylation is 2. The van der Waals surface area contributed by atoms with Crippen molar-refractivity contribution < 1.29 is 27.5 Å². The van der Waals surface area contributed by atoms with E-state index >= 15 is 0 Å². The summed E-state index contributed by atoms with van der Waals surface area (Å²) in [7, 11) is -3.79. The van der Waals surface area contributed by atoms with Gasteiger partial charge in [-0.05, 0) is 72.4 Å². The van der Waals surface area contributed by atoms with Crippen LogP contribution in [0.5, 0.6) is 5.75 Å². The van der Waals surface area contributed by atoms with Gasteiger partial charge in [0.05, 0.1) is 17.2 Å². The first-order valence-electron chi connectivity index (χ1n) is 14.9. The zero-order valence-electron chi connectivity index (χ0n) is 25.0. The minimum atomic E-state index is -3.79. The first-order chi connectivity index (χ1) is 21.8. The summed E-state index contributed by atoms with van der Waals surface area (Å²) >= 11 is 0. The van der Waals surface area contributed by atoms with Gasteiger partial charge in [0.2, 0.25) is 15.9 Å². The van der Waals surface area contributed by atoms with Crippen LogP contribution in [0.1, 0.15) is 34.6 Å². The zero-order valence-corrected chi connectivity index (χ0v) is 25.8. The molecule has 0 fully saturated rings. The van der Waals surface area contributed by atoms with Crippen LogP contribution in [0.2, 0.25) is 0 Å². The van der Waals surface area contributed by atoms with E-state index < -0.39 is 16.0 Å². The number of aliphatic carboxylic acids is 1. The molecule has 2 heterocycles. The Hall–Kier alpha value is -4.73. The van der Waals surface area contributed by atoms with E-state index in [1.54, 1.807) is 12.1 Å². The minimum Gasteiger partial charge on any atom is -0.493 e. The number of sulfonamides is 1. The van der Waals surface area contributed by atoms with E-state index in [1.165, 1.54) is 4.31 Å². The molecule has 0 saturated heterocycles. The molecule has 0 unspecified atom stereocenters. The van der Waals surface area contributed by atoms with Crippen molar-refractivity contribution in [3.63, 3.8) is 0 Å². The fraction of sp³-hybridized carbons (Fsp3) is 0.222. The van der Waals surface area contributed by atoms with Gasteiger partial charge in [0.15, 0.2) is 0 Å². The largest absolute Gasteiger partial charge is 0.493 e. The number of carbonyl (C=O) groups is 1. The van der Waals surface area contributed by atoms with Gasteiger partial charge in [-0.3, -0.25) is 4.79 Å². The standard InChI is InChI=1S/C36H34N2O6S/c1-25-33(37-36(44-25)29-10-6-3-7-11-29)21-23-43-34-18-14-28(15-19-35(39)40)32-24-38(22-20-31(32)34)45(41,42)30-16-12-27(13-17-30)26-8-4-2-5-9-26/h2-14,16-18H,15,19-24H2,1H3,(H,39,40). The van der Waals surface area contributed by atoms with Gasteiger partial charge >= 0.3 is 5.97 Å². The molecule has 1 aromatic heterocycles. The number of nitrogens with zero attached hydrogens (tertiary/aromatic N) is 2. The number of oxazole rings is 1. The lowest BCUT2D eigenvalue weighted by Crippen LogP contribution is -2.36. The van der Waals surface area contributed by atoms with Crippen LogP contribution < -0.4 is 4.74 Å². The van der Waals surface area contributed by atoms with Gasteiger partial charge in [-0.2, -0.15) is 4.31 Å². The third kappa shape index (κ3) is 6.69. The van der Waals surface area contributed by atoms with Crippen LogP contribution in [0.4, 0.5) is 0 Å². The van der Waals surface area contributed by atoms with Crippen molar-refractivity contribution in [2.75, 3.05) is 13.2 Å². The van der Waals surface area contributed by atoms with E-state index in [1.807, 2.05) is 91.9 Å². The van der Waals surface area contributed by atoms with E-state index in [2.05, 4.69) is 4.98 Å². The second-order valence-corrected chi connectivity index (χ2v) is 13.0. The van der Waals surface area contributed by atoms with Gasteiger partial charge < -0.3 is 14.3 Å². The zero-order chi connectivity index (χ0) is 31.4. The molecule has 1 aliphatic heterocycles. The van der Waals surface area contributed by atoms with Gasteiger partial charge in [0.25, 0.3) is 0 Å². The third-order valence-electron chi connectivity index (χ3n) is 8.15. The lowest BCUT2D eigenvalue weighted by Gasteiger charge is -2.31. The summed E-state index contributed by atoms with van der Waals surface area (Å²) in [5, 5.41) is 9.34. The molecule has 230 valence electrons. The van der Waals surface area contributed by atoms with Crippen molar-refractivity contribution in [2.24, 2.45) is 0 Å². The van der Waals surface area contributed by atoms with Crippen LogP contribution in [0.15, 0.2) is 106 Å². The molecular weight excluding hydrogens is 588 g/mol. The molecule has 0 radical (unpaired) electrons. The van der Waals surface area contributed by atoms with Crippen molar-refractivity contribution in [3.8, 4) is 28.3 Å². The van der Waals surface area contributed by atoms with E-state index in [4.69, 9.17) is 9.15 Å². The van der Waals surface area contributed by atoms with Crippen LogP contribution in [0.25, 0.3) is 22.6 Å². The predicted octanol–water partition coefficient (Wildman–Crippen LogP) is 6.70. The SMILES string of the molecule is Cc1oc(-c2ccccc2)nc1CCOc1ccc(CCC(=O)O)c2c1CCN(S(=O)(=O)c1ccc(-c3ccccc3)cc1)C2. The van der Waals surface area contributed by atoms with Crippen LogP contribution in [0.3, 0.4) is 0 Å². The highest BCUT2D eigenvalue weighted by molar-refractivity contribution is 7.89. The summed E-state index contributed by atoms with van der Waals surface area (Å²) < 4.78 is 41.1. The highest BCUT2D eigenvalue weighted by atomic mass is 32.2. The molecule has 0 bridgehead atoms. The fourth-order valence-electron chi connectivity index (χ4n) is 5.72. The van der Waals surface area contributed by atoms with E-state index in [0.717, 1.165) is 44.8 Å². The quantitative estimate of drug-likeness (QED) is 0.175. The summed E-state index contributed by atoms with van der Waals surface area (Å²) in [4.78, 5) is 16.3. The predicted molar refractivity (Wildman–Crippen MR) is 171 cm³/mol. The maximum atomic E-state index is 13.8. The number of fused-ring (bicyclic) bond motifs is 1. The summed E-state index contributed by atoms with van der Waals surface area (Å²) in [5.74, 6) is 1.08. The Bertz CT molecular complexity index is 1900. The lowest BCUT2D eigenvalue weighted by molar-refractivity contribution is -0.136. The molecule has 1 aliphatic rings. The van der Waals surface area contributed by atoms with Crippen molar-refractivity contribution in [1.82, 2.24) is 9.29 Å². The molecule has 4 aromatic carbocycles. The first-order valence-corrected chi connectivity index (χ1v) is 16.4. The Morgan fingerprint density at radius 2 is 1.53 bits per heavy atom. The number of aromatic nitrogens is 1. The maximum absolute atomic E-state index is 13.8. The normalized spacial score (nSPS) is 13.4. The number of ether oxygens (including phenoxy) is 1. The number of hydrogen-bond donors (Lipinski definition) is 1. The highest BCUT2D eigenvalue weighted by Gasteiger charge is 2.31. The molecule has 8 nitrogen and oxygen atoms in total. The van der Waals surface area contributed by atoms with Crippen LogP contribution in [-0.4, -0.2) is 41.9 Å². The molecule has 0 aliphatic carbocycles. The molecule has 0 atom stereocenters. The molecule has 0 saturated carbocycles. The number of carboxylic acids is 1. The molecule has 1 N–H and O–H groups in total. The van der Waals surface area contributed by atoms with E-state index in [-0.39, 0.29) is 24.4 Å². The molecule has 0 spiro atoms. The average molecular weight is 623 g/mol. The summed E-state index contributed by atoms with van der Waals surface area (Å²) in [5.41, 5.74) is 6.23. The topological polar surface area (TPSA) is 110 Å². The van der Waals surface area contributed by atoms with Crippen molar-refractivity contribution in [3.05, 3.63) is 125 Å². The number of rotatable bonds is 11. The van der Waals surface area contributed by atoms with Gasteiger partial charge in [-0.25, -0.2) is 13.4 Å². The van der Waals surface area contributed by atoms with Crippen molar-refractivity contribution >= 4 is 16.0 Å². The fourth-order valence-corrected chi connectivity index (χ4v) is 7.13. The Morgan fingerprint density at radius 1 is 0.867 bits per heavy atom. The number of carboxylic acid groups (broad SMARTS) is 1. The average Bonchev–Trinajstić information content (AvgIpc) is 3.44. The molecule has 9 heteroatoms. The van der Waals surface area contributed by atoms with Crippen molar-refractivity contribution in [2.45, 2.75) is 44.0 Å². The van der Waals surface area contributed by atoms with E-state index in [9.17, 15) is 18.3 Å². The van der Waals surface area contributed by atoms with Crippen LogP contribution in [-0.2, 0) is 40.6 Å². The molecular formula is C36H34N2O6S. The van der Waals surface area contributed by atoms with Gasteiger partial charge in [-0.15, -0.1) is 0 Å². The summed E-state index contributed by atoms with van der Waals surface area (Å²) in [6.07, 6.45) is 1.25. The number of benzene rings is 4. The summed E-state index contributed by atoms with van der Waals surface area (Å²) in [6, 6.07) is 30.2. The molecule has 6 rings (SSSR count). The monoisotopic (exact) mass is 622 g/mol. The molecule has 0 amide bonds. The minimum absolute atomic E-state index is 0.0461. The molecule has 5 aromatic rings. The van der Waals surface area contributed by atoms with Gasteiger partial charge in [0, 0.05) is 37.1 Å². The Kier molecular flexibility index (Phi) is 8.82. The maximum Gasteiger partial charge on any atom is 0.303 e. The van der Waals surface area contributed by atoms with Crippen LogP contribution in [0, 0.1) is 6.92 Å². The summed E-state index contributed by atoms with van der Waals surface area (Å²) in [6.45, 7) is 2.68. The highest BCUT2D eigenvalue weighted by Crippen LogP contribution is 2.34. The Labute approximate surface area is 263 Å². The Morgan fingerprint density at radius 3 is 2.22 bits per heavy atom. The second-order valence-electron chi connectivity index (χ2n) is 11.0. The third-order valence-corrected chi connectivity index (χ3v) is 10.0. The number of hydrogen-bond acceptors (Lipinski definition) is 6. The van der Waals surface area contributed by atoms with Gasteiger partial charge in [-0.1, -0.05) is 66.7 Å². The lowest BCUT2D eigenvalue weighted by atomic mass is 9.92. The van der Waals surface area contributed by atoms with E-state index in [0.29, 0.717) is 37.5 Å². The van der Waals surface area contributed by atoms with Crippen molar-refractivity contribution in [1.29, 1.82) is 0 Å². The smallest absolute Gasteiger partial charge is 0.303 e. The Balaban J connectivity index is 1.20.